The molecule has 2 atom stereocenters. The summed E-state index contributed by atoms with van der Waals surface area (Å²) in [5, 5.41) is 11.6. The topological polar surface area (TPSA) is 81.1 Å². The van der Waals surface area contributed by atoms with E-state index in [1.165, 1.54) is 15.7 Å². The molecule has 0 amide bonds. The second-order valence-electron chi connectivity index (χ2n) is 8.07. The van der Waals surface area contributed by atoms with Gasteiger partial charge in [-0.3, -0.25) is 9.36 Å². The van der Waals surface area contributed by atoms with Crippen LogP contribution >= 0.6 is 0 Å². The molecule has 1 fully saturated rings. The summed E-state index contributed by atoms with van der Waals surface area (Å²) in [5.41, 5.74) is 11.1. The maximum absolute atomic E-state index is 12.1. The van der Waals surface area contributed by atoms with Crippen LogP contribution in [0.4, 0.5) is 5.95 Å². The number of anilines is 1. The van der Waals surface area contributed by atoms with E-state index < -0.39 is 0 Å². The lowest BCUT2D eigenvalue weighted by Crippen LogP contribution is -2.21. The molecule has 5 heteroatoms. The summed E-state index contributed by atoms with van der Waals surface area (Å²) in [6, 6.07) is 22.6. The third-order valence-corrected chi connectivity index (χ3v) is 6.09. The first-order chi connectivity index (χ1) is 14.5. The van der Waals surface area contributed by atoms with Gasteiger partial charge in [0, 0.05) is 19.0 Å². The summed E-state index contributed by atoms with van der Waals surface area (Å²) in [7, 11) is 1.64. The minimum absolute atomic E-state index is 0.0519. The normalized spacial score (nSPS) is 17.9. The van der Waals surface area contributed by atoms with Gasteiger partial charge < -0.3 is 10.8 Å². The number of fused-ring (bicyclic) bond motifs is 1. The minimum atomic E-state index is -0.114. The number of nitrogens with zero attached hydrogens (tertiary/aromatic N) is 2. The Labute approximate surface area is 174 Å². The van der Waals surface area contributed by atoms with E-state index in [4.69, 9.17) is 5.73 Å². The van der Waals surface area contributed by atoms with Crippen molar-refractivity contribution in [1.29, 1.82) is 0 Å². The SMILES string of the molecule is Cn1c(N)nc(C2CC2c2cccc(-c3ccc4cc(CO)ccc4c3)c2)cc1=O. The van der Waals surface area contributed by atoms with Crippen molar-refractivity contribution in [3.63, 3.8) is 0 Å². The second-order valence-corrected chi connectivity index (χ2v) is 8.07. The van der Waals surface area contributed by atoms with Crippen molar-refractivity contribution >= 4 is 16.7 Å². The number of benzene rings is 3. The van der Waals surface area contributed by atoms with E-state index in [1.807, 2.05) is 12.1 Å². The molecule has 3 aromatic carbocycles. The molecule has 0 bridgehead atoms. The Morgan fingerprint density at radius 3 is 2.57 bits per heavy atom. The number of nitrogens with two attached hydrogens (primary N) is 1. The average molecular weight is 397 g/mol. The van der Waals surface area contributed by atoms with Crippen LogP contribution in [-0.4, -0.2) is 14.7 Å². The molecule has 5 rings (SSSR count). The van der Waals surface area contributed by atoms with Crippen LogP contribution in [0.3, 0.4) is 0 Å². The van der Waals surface area contributed by atoms with E-state index in [1.54, 1.807) is 13.1 Å². The zero-order valence-corrected chi connectivity index (χ0v) is 16.7. The van der Waals surface area contributed by atoms with E-state index in [2.05, 4.69) is 53.5 Å². The van der Waals surface area contributed by atoms with Crippen LogP contribution < -0.4 is 11.3 Å². The van der Waals surface area contributed by atoms with Gasteiger partial charge >= 0.3 is 0 Å². The Balaban J connectivity index is 1.44. The Morgan fingerprint density at radius 1 is 1.00 bits per heavy atom. The molecule has 5 nitrogen and oxygen atoms in total. The minimum Gasteiger partial charge on any atom is -0.392 e. The Hall–Kier alpha value is -3.44. The summed E-state index contributed by atoms with van der Waals surface area (Å²) in [4.78, 5) is 16.5. The molecular weight excluding hydrogens is 374 g/mol. The van der Waals surface area contributed by atoms with E-state index in [-0.39, 0.29) is 24.0 Å². The Kier molecular flexibility index (Phi) is 4.40. The lowest BCUT2D eigenvalue weighted by molar-refractivity contribution is 0.282. The van der Waals surface area contributed by atoms with Crippen molar-refractivity contribution < 1.29 is 5.11 Å². The number of aromatic nitrogens is 2. The Bertz CT molecular complexity index is 1330. The van der Waals surface area contributed by atoms with E-state index in [0.717, 1.165) is 34.0 Å². The predicted octanol–water partition coefficient (Wildman–Crippen LogP) is 3.95. The fraction of sp³-hybridized carbons (Fsp3) is 0.200. The summed E-state index contributed by atoms with van der Waals surface area (Å²) in [6.45, 7) is 0.0519. The quantitative estimate of drug-likeness (QED) is 0.546. The van der Waals surface area contributed by atoms with E-state index in [9.17, 15) is 9.90 Å². The lowest BCUT2D eigenvalue weighted by Gasteiger charge is -2.08. The van der Waals surface area contributed by atoms with Crippen molar-refractivity contribution in [3.05, 3.63) is 93.9 Å². The average Bonchev–Trinajstić information content (AvgIpc) is 3.57. The van der Waals surface area contributed by atoms with Gasteiger partial charge in [-0.2, -0.15) is 0 Å². The first-order valence-electron chi connectivity index (χ1n) is 10.1. The maximum atomic E-state index is 12.1. The van der Waals surface area contributed by atoms with Crippen molar-refractivity contribution in [2.45, 2.75) is 24.9 Å². The highest BCUT2D eigenvalue weighted by molar-refractivity contribution is 5.88. The highest BCUT2D eigenvalue weighted by Gasteiger charge is 2.41. The van der Waals surface area contributed by atoms with Crippen LogP contribution in [0.1, 0.15) is 35.1 Å². The van der Waals surface area contributed by atoms with Crippen LogP contribution in [-0.2, 0) is 13.7 Å². The second kappa shape index (κ2) is 7.11. The molecule has 0 radical (unpaired) electrons. The number of hydrogen-bond donors (Lipinski definition) is 2. The molecular formula is C25H23N3O2. The number of aliphatic hydroxyl groups excluding tert-OH is 1. The summed E-state index contributed by atoms with van der Waals surface area (Å²) in [5.74, 6) is 0.860. The molecule has 1 aromatic heterocycles. The molecule has 150 valence electrons. The molecule has 1 aliphatic carbocycles. The van der Waals surface area contributed by atoms with Crippen molar-refractivity contribution in [3.8, 4) is 11.1 Å². The van der Waals surface area contributed by atoms with Gasteiger partial charge in [-0.15, -0.1) is 0 Å². The highest BCUT2D eigenvalue weighted by atomic mass is 16.3. The molecule has 1 heterocycles. The van der Waals surface area contributed by atoms with Crippen LogP contribution in [0, 0.1) is 0 Å². The zero-order chi connectivity index (χ0) is 20.8. The number of aliphatic hydroxyl groups is 1. The molecule has 0 saturated heterocycles. The largest absolute Gasteiger partial charge is 0.392 e. The standard InChI is InChI=1S/C25H23N3O2/c1-28-24(30)13-23(27-25(28)26)22-12-21(22)20-4-2-3-16(11-20)19-8-7-17-9-15(14-29)5-6-18(17)10-19/h2-11,13,21-22,29H,12,14H2,1H3,(H2,26,27). The predicted molar refractivity (Wildman–Crippen MR) is 119 cm³/mol. The van der Waals surface area contributed by atoms with E-state index >= 15 is 0 Å². The van der Waals surface area contributed by atoms with Crippen molar-refractivity contribution in [1.82, 2.24) is 9.55 Å². The summed E-state index contributed by atoms with van der Waals surface area (Å²) < 4.78 is 1.37. The van der Waals surface area contributed by atoms with Gasteiger partial charge in [0.1, 0.15) is 0 Å². The lowest BCUT2D eigenvalue weighted by atomic mass is 9.97. The molecule has 0 aliphatic heterocycles. The fourth-order valence-corrected chi connectivity index (χ4v) is 4.18. The van der Waals surface area contributed by atoms with Gasteiger partial charge in [-0.25, -0.2) is 4.98 Å². The fourth-order valence-electron chi connectivity index (χ4n) is 4.18. The maximum Gasteiger partial charge on any atom is 0.254 e. The van der Waals surface area contributed by atoms with Crippen molar-refractivity contribution in [2.24, 2.45) is 7.05 Å². The monoisotopic (exact) mass is 397 g/mol. The molecule has 0 spiro atoms. The van der Waals surface area contributed by atoms with Crippen LogP contribution in [0.25, 0.3) is 21.9 Å². The number of rotatable bonds is 4. The first kappa shape index (κ1) is 18.6. The number of nitrogen functional groups attached to an aromatic ring is 1. The highest BCUT2D eigenvalue weighted by Crippen LogP contribution is 2.54. The van der Waals surface area contributed by atoms with Crippen molar-refractivity contribution in [2.75, 3.05) is 5.73 Å². The zero-order valence-electron chi connectivity index (χ0n) is 16.7. The third-order valence-electron chi connectivity index (χ3n) is 6.09. The molecule has 1 saturated carbocycles. The molecule has 2 unspecified atom stereocenters. The van der Waals surface area contributed by atoms with Gasteiger partial charge in [0.2, 0.25) is 5.95 Å². The Morgan fingerprint density at radius 2 is 1.77 bits per heavy atom. The van der Waals surface area contributed by atoms with Gasteiger partial charge in [0.15, 0.2) is 0 Å². The summed E-state index contributed by atoms with van der Waals surface area (Å²) in [6.07, 6.45) is 0.977. The van der Waals surface area contributed by atoms with Crippen LogP contribution in [0.2, 0.25) is 0 Å². The molecule has 4 aromatic rings. The van der Waals surface area contributed by atoms with Gasteiger partial charge in [-0.1, -0.05) is 48.5 Å². The summed E-state index contributed by atoms with van der Waals surface area (Å²) >= 11 is 0. The third kappa shape index (κ3) is 3.27. The van der Waals surface area contributed by atoms with Crippen LogP contribution in [0.15, 0.2) is 71.5 Å². The molecule has 3 N–H and O–H groups in total. The van der Waals surface area contributed by atoms with E-state index in [0.29, 0.717) is 5.92 Å². The van der Waals surface area contributed by atoms with Gasteiger partial charge in [-0.05, 0) is 57.5 Å². The molecule has 1 aliphatic rings. The van der Waals surface area contributed by atoms with Gasteiger partial charge in [0.05, 0.1) is 12.3 Å². The van der Waals surface area contributed by atoms with Crippen LogP contribution in [0.5, 0.6) is 0 Å². The smallest absolute Gasteiger partial charge is 0.254 e. The first-order valence-corrected chi connectivity index (χ1v) is 10.1. The molecule has 30 heavy (non-hydrogen) atoms. The van der Waals surface area contributed by atoms with Gasteiger partial charge in [0.25, 0.3) is 5.56 Å². The number of hydrogen-bond acceptors (Lipinski definition) is 4.